The normalized spacial score (nSPS) is 18.2. The van der Waals surface area contributed by atoms with Crippen LogP contribution in [0.15, 0.2) is 54.2 Å². The number of rotatable bonds is 4. The number of benzene rings is 2. The third kappa shape index (κ3) is 3.80. The zero-order valence-electron chi connectivity index (χ0n) is 16.7. The van der Waals surface area contributed by atoms with Crippen LogP contribution in [-0.4, -0.2) is 59.7 Å². The predicted molar refractivity (Wildman–Crippen MR) is 109 cm³/mol. The van der Waals surface area contributed by atoms with Crippen molar-refractivity contribution in [2.45, 2.75) is 13.5 Å². The Hall–Kier alpha value is -2.99. The van der Waals surface area contributed by atoms with Crippen LogP contribution < -0.4 is 0 Å². The molecule has 2 heterocycles. The molecule has 0 aromatic heterocycles. The summed E-state index contributed by atoms with van der Waals surface area (Å²) in [6.07, 6.45) is 0. The minimum atomic E-state index is -0.371. The Morgan fingerprint density at radius 3 is 2.10 bits per heavy atom. The number of hydrogen-bond donors (Lipinski definition) is 0. The number of piperazine rings is 1. The summed E-state index contributed by atoms with van der Waals surface area (Å²) in [6.45, 7) is 5.20. The third-order valence-electron chi connectivity index (χ3n) is 5.56. The quantitative estimate of drug-likeness (QED) is 0.750. The van der Waals surface area contributed by atoms with Crippen LogP contribution >= 0.6 is 0 Å². The fourth-order valence-electron chi connectivity index (χ4n) is 3.78. The average molecular weight is 393 g/mol. The zero-order valence-corrected chi connectivity index (χ0v) is 16.7. The topological polar surface area (TPSA) is 43.9 Å². The van der Waals surface area contributed by atoms with E-state index in [9.17, 15) is 14.0 Å². The van der Waals surface area contributed by atoms with E-state index in [4.69, 9.17) is 0 Å². The molecule has 2 aromatic rings. The summed E-state index contributed by atoms with van der Waals surface area (Å²) in [5.74, 6) is -0.973. The lowest BCUT2D eigenvalue weighted by molar-refractivity contribution is -0.138. The average Bonchev–Trinajstić information content (AvgIpc) is 2.96. The van der Waals surface area contributed by atoms with Crippen LogP contribution in [0.2, 0.25) is 0 Å². The molecular weight excluding hydrogens is 369 g/mol. The van der Waals surface area contributed by atoms with E-state index in [1.807, 2.05) is 43.1 Å². The van der Waals surface area contributed by atoms with Crippen LogP contribution in [-0.2, 0) is 16.1 Å². The van der Waals surface area contributed by atoms with Gasteiger partial charge in [0.15, 0.2) is 0 Å². The molecule has 0 unspecified atom stereocenters. The van der Waals surface area contributed by atoms with E-state index in [-0.39, 0.29) is 24.2 Å². The lowest BCUT2D eigenvalue weighted by Crippen LogP contribution is -2.46. The van der Waals surface area contributed by atoms with Crippen molar-refractivity contribution in [2.24, 2.45) is 0 Å². The lowest BCUT2D eigenvalue weighted by atomic mass is 10.0. The van der Waals surface area contributed by atoms with E-state index in [0.717, 1.165) is 24.2 Å². The van der Waals surface area contributed by atoms with E-state index < -0.39 is 0 Å². The second kappa shape index (κ2) is 7.79. The number of likely N-dealkylation sites (N-methyl/N-ethyl adjacent to an activating group) is 1. The second-order valence-electron chi connectivity index (χ2n) is 7.70. The number of halogens is 1. The number of hydrogen-bond acceptors (Lipinski definition) is 4. The van der Waals surface area contributed by atoms with Gasteiger partial charge in [0.25, 0.3) is 11.8 Å². The fraction of sp³-hybridized carbons (Fsp3) is 0.304. The molecule has 4 rings (SSSR count). The van der Waals surface area contributed by atoms with Crippen LogP contribution in [0.25, 0.3) is 5.57 Å². The molecule has 0 saturated carbocycles. The third-order valence-corrected chi connectivity index (χ3v) is 5.56. The van der Waals surface area contributed by atoms with Crippen molar-refractivity contribution in [1.82, 2.24) is 14.7 Å². The maximum Gasteiger partial charge on any atom is 0.278 e. The van der Waals surface area contributed by atoms with Gasteiger partial charge in [-0.25, -0.2) is 4.39 Å². The summed E-state index contributed by atoms with van der Waals surface area (Å²) < 4.78 is 13.4. The van der Waals surface area contributed by atoms with Gasteiger partial charge in [0.05, 0.1) is 12.1 Å². The van der Waals surface area contributed by atoms with Crippen molar-refractivity contribution in [2.75, 3.05) is 33.2 Å². The largest absolute Gasteiger partial charge is 0.364 e. The smallest absolute Gasteiger partial charge is 0.278 e. The first-order valence-electron chi connectivity index (χ1n) is 9.79. The van der Waals surface area contributed by atoms with Crippen molar-refractivity contribution >= 4 is 17.4 Å². The Bertz CT molecular complexity index is 959. The summed E-state index contributed by atoms with van der Waals surface area (Å²) in [7, 11) is 2.04. The Morgan fingerprint density at radius 2 is 1.48 bits per heavy atom. The second-order valence-corrected chi connectivity index (χ2v) is 7.70. The molecule has 0 N–H and O–H groups in total. The molecule has 5 nitrogen and oxygen atoms in total. The Morgan fingerprint density at radius 1 is 0.862 bits per heavy atom. The van der Waals surface area contributed by atoms with E-state index in [2.05, 4.69) is 4.90 Å². The van der Waals surface area contributed by atoms with Gasteiger partial charge in [0, 0.05) is 26.2 Å². The molecule has 0 bridgehead atoms. The van der Waals surface area contributed by atoms with Crippen LogP contribution in [0.3, 0.4) is 0 Å². The van der Waals surface area contributed by atoms with E-state index in [1.54, 1.807) is 12.1 Å². The van der Waals surface area contributed by atoms with E-state index in [0.29, 0.717) is 29.9 Å². The Labute approximate surface area is 170 Å². The van der Waals surface area contributed by atoms with Crippen LogP contribution in [0.4, 0.5) is 4.39 Å². The molecule has 150 valence electrons. The first kappa shape index (κ1) is 19.3. The molecule has 2 amide bonds. The highest BCUT2D eigenvalue weighted by Crippen LogP contribution is 2.33. The van der Waals surface area contributed by atoms with E-state index >= 15 is 0 Å². The number of imide groups is 1. The number of carbonyl (C=O) groups excluding carboxylic acids is 2. The van der Waals surface area contributed by atoms with Crippen molar-refractivity contribution in [3.63, 3.8) is 0 Å². The molecule has 0 radical (unpaired) electrons. The molecule has 1 fully saturated rings. The SMILES string of the molecule is Cc1ccc(CN2C(=O)C(c3ccc(F)cc3)=C(N3CCN(C)CC3)C2=O)cc1. The van der Waals surface area contributed by atoms with Gasteiger partial charge < -0.3 is 9.80 Å². The number of carbonyl (C=O) groups is 2. The van der Waals surface area contributed by atoms with Crippen LogP contribution in [0.1, 0.15) is 16.7 Å². The molecule has 2 aliphatic rings. The van der Waals surface area contributed by atoms with Gasteiger partial charge in [-0.1, -0.05) is 42.0 Å². The molecule has 29 heavy (non-hydrogen) atoms. The highest BCUT2D eigenvalue weighted by Gasteiger charge is 2.41. The lowest BCUT2D eigenvalue weighted by Gasteiger charge is -2.34. The fourth-order valence-corrected chi connectivity index (χ4v) is 3.78. The first-order chi connectivity index (χ1) is 13.9. The van der Waals surface area contributed by atoms with Gasteiger partial charge in [-0.05, 0) is 37.2 Å². The molecule has 2 aromatic carbocycles. The summed E-state index contributed by atoms with van der Waals surface area (Å²) in [5, 5.41) is 0. The van der Waals surface area contributed by atoms with Gasteiger partial charge in [-0.3, -0.25) is 14.5 Å². The Kier molecular flexibility index (Phi) is 5.20. The molecule has 1 saturated heterocycles. The number of nitrogens with zero attached hydrogens (tertiary/aromatic N) is 3. The predicted octanol–water partition coefficient (Wildman–Crippen LogP) is 2.66. The minimum absolute atomic E-state index is 0.222. The minimum Gasteiger partial charge on any atom is -0.364 e. The standard InChI is InChI=1S/C23H24FN3O2/c1-16-3-5-17(6-4-16)15-27-22(28)20(18-7-9-19(24)10-8-18)21(23(27)29)26-13-11-25(2)12-14-26/h3-10H,11-15H2,1-2H3. The monoisotopic (exact) mass is 393 g/mol. The van der Waals surface area contributed by atoms with Gasteiger partial charge in [0.1, 0.15) is 11.5 Å². The highest BCUT2D eigenvalue weighted by atomic mass is 19.1. The molecule has 6 heteroatoms. The molecule has 0 aliphatic carbocycles. The highest BCUT2D eigenvalue weighted by molar-refractivity contribution is 6.35. The maximum atomic E-state index is 13.4. The van der Waals surface area contributed by atoms with Crippen LogP contribution in [0.5, 0.6) is 0 Å². The van der Waals surface area contributed by atoms with Crippen molar-refractivity contribution in [3.05, 3.63) is 76.7 Å². The van der Waals surface area contributed by atoms with Gasteiger partial charge >= 0.3 is 0 Å². The van der Waals surface area contributed by atoms with Gasteiger partial charge in [0.2, 0.25) is 0 Å². The van der Waals surface area contributed by atoms with Crippen molar-refractivity contribution in [3.8, 4) is 0 Å². The summed E-state index contributed by atoms with van der Waals surface area (Å²) in [4.78, 5) is 32.1. The summed E-state index contributed by atoms with van der Waals surface area (Å²) >= 11 is 0. The molecule has 0 atom stereocenters. The maximum absolute atomic E-state index is 13.4. The first-order valence-corrected chi connectivity index (χ1v) is 9.79. The number of amides is 2. The molecule has 2 aliphatic heterocycles. The van der Waals surface area contributed by atoms with E-state index in [1.165, 1.54) is 17.0 Å². The summed E-state index contributed by atoms with van der Waals surface area (Å²) in [5.41, 5.74) is 3.39. The molecule has 0 spiro atoms. The zero-order chi connectivity index (χ0) is 20.5. The van der Waals surface area contributed by atoms with Gasteiger partial charge in [-0.15, -0.1) is 0 Å². The molecular formula is C23H24FN3O2. The Balaban J connectivity index is 1.71. The van der Waals surface area contributed by atoms with Crippen molar-refractivity contribution in [1.29, 1.82) is 0 Å². The number of aryl methyl sites for hydroxylation is 1. The van der Waals surface area contributed by atoms with Crippen LogP contribution in [0, 0.1) is 12.7 Å². The van der Waals surface area contributed by atoms with Crippen molar-refractivity contribution < 1.29 is 14.0 Å². The van der Waals surface area contributed by atoms with Gasteiger partial charge in [-0.2, -0.15) is 0 Å². The summed E-state index contributed by atoms with van der Waals surface area (Å²) in [6, 6.07) is 13.6.